The number of hydrogen-bond acceptors (Lipinski definition) is 3. The Labute approximate surface area is 110 Å². The third-order valence-corrected chi connectivity index (χ3v) is 4.20. The van der Waals surface area contributed by atoms with Crippen LogP contribution in [0.25, 0.3) is 0 Å². The van der Waals surface area contributed by atoms with E-state index < -0.39 is 0 Å². The molecule has 4 nitrogen and oxygen atoms in total. The van der Waals surface area contributed by atoms with Gasteiger partial charge in [-0.1, -0.05) is 19.3 Å². The molecule has 4 heteroatoms. The quantitative estimate of drug-likeness (QED) is 0.751. The van der Waals surface area contributed by atoms with Crippen molar-refractivity contribution in [3.05, 3.63) is 0 Å². The maximum atomic E-state index is 12.1. The summed E-state index contributed by atoms with van der Waals surface area (Å²) in [6.45, 7) is 2.73. The summed E-state index contributed by atoms with van der Waals surface area (Å²) in [5, 5.41) is 12.3. The van der Waals surface area contributed by atoms with E-state index in [1.807, 2.05) is 6.92 Å². The normalized spacial score (nSPS) is 23.1. The van der Waals surface area contributed by atoms with E-state index in [0.29, 0.717) is 18.6 Å². The molecule has 0 spiro atoms. The molecule has 0 bridgehead atoms. The van der Waals surface area contributed by atoms with Gasteiger partial charge in [0.1, 0.15) is 0 Å². The van der Waals surface area contributed by atoms with Gasteiger partial charge in [-0.25, -0.2) is 0 Å². The van der Waals surface area contributed by atoms with E-state index in [9.17, 15) is 9.90 Å². The summed E-state index contributed by atoms with van der Waals surface area (Å²) in [6.07, 6.45) is 8.41. The van der Waals surface area contributed by atoms with Gasteiger partial charge in [0.15, 0.2) is 0 Å². The second kappa shape index (κ2) is 6.53. The van der Waals surface area contributed by atoms with Crippen LogP contribution in [0.4, 0.5) is 0 Å². The Morgan fingerprint density at radius 2 is 1.94 bits per heavy atom. The molecule has 0 aromatic rings. The predicted octanol–water partition coefficient (Wildman–Crippen LogP) is 1.28. The fourth-order valence-corrected chi connectivity index (χ4v) is 2.92. The van der Waals surface area contributed by atoms with Gasteiger partial charge in [0.05, 0.1) is 12.6 Å². The van der Waals surface area contributed by atoms with Crippen molar-refractivity contribution >= 4 is 5.91 Å². The molecule has 2 N–H and O–H groups in total. The van der Waals surface area contributed by atoms with Gasteiger partial charge in [0, 0.05) is 18.6 Å². The van der Waals surface area contributed by atoms with Crippen molar-refractivity contribution in [1.29, 1.82) is 0 Å². The maximum absolute atomic E-state index is 12.1. The maximum Gasteiger partial charge on any atom is 0.237 e. The number of aliphatic hydroxyl groups excluding tert-OH is 1. The Kier molecular flexibility index (Phi) is 5.01. The summed E-state index contributed by atoms with van der Waals surface area (Å²) in [5.41, 5.74) is 0. The molecule has 2 fully saturated rings. The van der Waals surface area contributed by atoms with Crippen LogP contribution in [-0.2, 0) is 4.79 Å². The van der Waals surface area contributed by atoms with Crippen molar-refractivity contribution in [3.63, 3.8) is 0 Å². The molecule has 0 aromatic carbocycles. The van der Waals surface area contributed by atoms with Crippen LogP contribution < -0.4 is 5.32 Å². The molecule has 2 saturated carbocycles. The van der Waals surface area contributed by atoms with Crippen LogP contribution in [-0.4, -0.2) is 47.2 Å². The third kappa shape index (κ3) is 3.69. The molecular formula is C14H26N2O2. The average molecular weight is 254 g/mol. The van der Waals surface area contributed by atoms with Crippen LogP contribution in [0, 0.1) is 0 Å². The van der Waals surface area contributed by atoms with Crippen LogP contribution in [0.15, 0.2) is 0 Å². The first-order valence-corrected chi connectivity index (χ1v) is 7.39. The van der Waals surface area contributed by atoms with Gasteiger partial charge in [0.25, 0.3) is 0 Å². The standard InChI is InChI=1S/C14H26N2O2/c1-11(14(18)15-12-7-8-12)16(9-10-17)13-5-3-2-4-6-13/h11-13,17H,2-10H2,1H3,(H,15,18). The monoisotopic (exact) mass is 254 g/mol. The van der Waals surface area contributed by atoms with Crippen molar-refractivity contribution < 1.29 is 9.90 Å². The number of carbonyl (C=O) groups excluding carboxylic acids is 1. The number of hydrogen-bond donors (Lipinski definition) is 2. The summed E-state index contributed by atoms with van der Waals surface area (Å²) in [5.74, 6) is 0.136. The average Bonchev–Trinajstić information content (AvgIpc) is 3.20. The molecule has 0 radical (unpaired) electrons. The fourth-order valence-electron chi connectivity index (χ4n) is 2.92. The summed E-state index contributed by atoms with van der Waals surface area (Å²) in [4.78, 5) is 14.3. The minimum Gasteiger partial charge on any atom is -0.395 e. The Morgan fingerprint density at radius 1 is 1.28 bits per heavy atom. The summed E-state index contributed by atoms with van der Waals surface area (Å²) < 4.78 is 0. The highest BCUT2D eigenvalue weighted by Gasteiger charge is 2.31. The fraction of sp³-hybridized carbons (Fsp3) is 0.929. The van der Waals surface area contributed by atoms with E-state index in [2.05, 4.69) is 10.2 Å². The number of amides is 1. The van der Waals surface area contributed by atoms with E-state index in [0.717, 1.165) is 12.8 Å². The van der Waals surface area contributed by atoms with Crippen LogP contribution in [0.1, 0.15) is 51.9 Å². The SMILES string of the molecule is CC(C(=O)NC1CC1)N(CCO)C1CCCCC1. The molecule has 0 saturated heterocycles. The van der Waals surface area contributed by atoms with E-state index >= 15 is 0 Å². The van der Waals surface area contributed by atoms with Crippen molar-refractivity contribution in [2.45, 2.75) is 70.0 Å². The smallest absolute Gasteiger partial charge is 0.237 e. The zero-order chi connectivity index (χ0) is 13.0. The second-order valence-corrected chi connectivity index (χ2v) is 5.71. The van der Waals surface area contributed by atoms with E-state index in [-0.39, 0.29) is 18.6 Å². The van der Waals surface area contributed by atoms with Gasteiger partial charge in [-0.05, 0) is 32.6 Å². The van der Waals surface area contributed by atoms with Gasteiger partial charge in [-0.15, -0.1) is 0 Å². The van der Waals surface area contributed by atoms with Crippen molar-refractivity contribution in [2.75, 3.05) is 13.2 Å². The molecule has 18 heavy (non-hydrogen) atoms. The molecule has 0 aliphatic heterocycles. The van der Waals surface area contributed by atoms with Gasteiger partial charge in [-0.3, -0.25) is 9.69 Å². The highest BCUT2D eigenvalue weighted by molar-refractivity contribution is 5.81. The lowest BCUT2D eigenvalue weighted by molar-refractivity contribution is -0.127. The molecule has 2 aliphatic carbocycles. The van der Waals surface area contributed by atoms with Crippen molar-refractivity contribution in [2.24, 2.45) is 0 Å². The molecule has 2 rings (SSSR count). The molecule has 0 aromatic heterocycles. The van der Waals surface area contributed by atoms with Gasteiger partial charge in [-0.2, -0.15) is 0 Å². The Bertz CT molecular complexity index is 273. The highest BCUT2D eigenvalue weighted by atomic mass is 16.3. The lowest BCUT2D eigenvalue weighted by atomic mass is 9.93. The summed E-state index contributed by atoms with van der Waals surface area (Å²) >= 11 is 0. The number of nitrogens with zero attached hydrogens (tertiary/aromatic N) is 1. The van der Waals surface area contributed by atoms with Gasteiger partial charge >= 0.3 is 0 Å². The molecule has 2 aliphatic rings. The van der Waals surface area contributed by atoms with Gasteiger partial charge in [0.2, 0.25) is 5.91 Å². The number of rotatable bonds is 6. The second-order valence-electron chi connectivity index (χ2n) is 5.71. The number of carbonyl (C=O) groups is 1. The summed E-state index contributed by atoms with van der Waals surface area (Å²) in [6, 6.07) is 0.786. The van der Waals surface area contributed by atoms with Crippen LogP contribution in [0.5, 0.6) is 0 Å². The largest absolute Gasteiger partial charge is 0.395 e. The Morgan fingerprint density at radius 3 is 2.50 bits per heavy atom. The molecule has 1 amide bonds. The molecule has 0 heterocycles. The van der Waals surface area contributed by atoms with Crippen LogP contribution >= 0.6 is 0 Å². The Balaban J connectivity index is 1.90. The van der Waals surface area contributed by atoms with E-state index in [1.54, 1.807) is 0 Å². The van der Waals surface area contributed by atoms with Crippen LogP contribution in [0.2, 0.25) is 0 Å². The predicted molar refractivity (Wildman–Crippen MR) is 71.3 cm³/mol. The number of aliphatic hydroxyl groups is 1. The van der Waals surface area contributed by atoms with Crippen molar-refractivity contribution in [1.82, 2.24) is 10.2 Å². The third-order valence-electron chi connectivity index (χ3n) is 4.20. The zero-order valence-electron chi connectivity index (χ0n) is 11.4. The van der Waals surface area contributed by atoms with E-state index in [1.165, 1.54) is 32.1 Å². The first kappa shape index (κ1) is 13.8. The highest BCUT2D eigenvalue weighted by Crippen LogP contribution is 2.25. The van der Waals surface area contributed by atoms with E-state index in [4.69, 9.17) is 0 Å². The first-order chi connectivity index (χ1) is 8.72. The molecule has 1 unspecified atom stereocenters. The first-order valence-electron chi connectivity index (χ1n) is 7.39. The minimum absolute atomic E-state index is 0.110. The lowest BCUT2D eigenvalue weighted by Gasteiger charge is -2.37. The minimum atomic E-state index is -0.110. The topological polar surface area (TPSA) is 52.6 Å². The molecule has 1 atom stereocenters. The summed E-state index contributed by atoms with van der Waals surface area (Å²) in [7, 11) is 0. The molecule has 104 valence electrons. The number of nitrogens with one attached hydrogen (secondary N) is 1. The lowest BCUT2D eigenvalue weighted by Crippen LogP contribution is -2.51. The molecular weight excluding hydrogens is 228 g/mol. The van der Waals surface area contributed by atoms with Crippen LogP contribution in [0.3, 0.4) is 0 Å². The Hall–Kier alpha value is -0.610. The zero-order valence-corrected chi connectivity index (χ0v) is 11.4. The van der Waals surface area contributed by atoms with Crippen molar-refractivity contribution in [3.8, 4) is 0 Å². The van der Waals surface area contributed by atoms with Gasteiger partial charge < -0.3 is 10.4 Å².